The van der Waals surface area contributed by atoms with Crippen molar-refractivity contribution in [2.24, 2.45) is 5.16 Å². The van der Waals surface area contributed by atoms with Crippen LogP contribution in [0.5, 0.6) is 0 Å². The molecule has 3 nitrogen and oxygen atoms in total. The van der Waals surface area contributed by atoms with Crippen LogP contribution in [0.15, 0.2) is 35.5 Å². The Labute approximate surface area is 108 Å². The molecule has 0 heterocycles. The van der Waals surface area contributed by atoms with Crippen molar-refractivity contribution in [3.05, 3.63) is 35.9 Å². The Bertz CT molecular complexity index is 379. The van der Waals surface area contributed by atoms with Crippen LogP contribution in [0.1, 0.15) is 5.56 Å². The fraction of sp³-hybridized carbons (Fsp3) is 0.273. The van der Waals surface area contributed by atoms with Crippen molar-refractivity contribution < 1.29 is 5.21 Å². The Kier molecular flexibility index (Phi) is 5.60. The summed E-state index contributed by atoms with van der Waals surface area (Å²) < 4.78 is 1.07. The number of nitrogens with zero attached hydrogens (tertiary/aromatic N) is 2. The molecule has 0 amide bonds. The molecule has 0 saturated heterocycles. The quantitative estimate of drug-likeness (QED) is 0.387. The number of benzene rings is 1. The Balaban J connectivity index is 2.62. The molecular formula is C11H14N2OSSe. The zero-order valence-corrected chi connectivity index (χ0v) is 11.8. The molecule has 0 bridgehead atoms. The van der Waals surface area contributed by atoms with Crippen LogP contribution in [0.3, 0.4) is 0 Å². The molecule has 1 aromatic rings. The fourth-order valence-electron chi connectivity index (χ4n) is 1.06. The Morgan fingerprint density at radius 1 is 1.38 bits per heavy atom. The summed E-state index contributed by atoms with van der Waals surface area (Å²) in [4.78, 5) is 1.99. The second-order valence-electron chi connectivity index (χ2n) is 3.36. The maximum absolute atomic E-state index is 8.97. The van der Waals surface area contributed by atoms with Gasteiger partial charge >= 0.3 is 108 Å². The monoisotopic (exact) mass is 302 g/mol. The van der Waals surface area contributed by atoms with Gasteiger partial charge in [-0.1, -0.05) is 0 Å². The van der Waals surface area contributed by atoms with Crippen molar-refractivity contribution in [1.82, 2.24) is 4.90 Å². The van der Waals surface area contributed by atoms with Crippen LogP contribution < -0.4 is 0 Å². The molecule has 0 aliphatic heterocycles. The van der Waals surface area contributed by atoms with E-state index in [1.807, 2.05) is 49.3 Å². The molecule has 5 heteroatoms. The van der Waals surface area contributed by atoms with Crippen molar-refractivity contribution in [3.63, 3.8) is 0 Å². The first-order valence-electron chi connectivity index (χ1n) is 4.75. The predicted molar refractivity (Wildman–Crippen MR) is 71.7 cm³/mol. The summed E-state index contributed by atoms with van der Waals surface area (Å²) in [5, 5.41) is 12.3. The number of hydrogen-bond donors (Lipinski definition) is 1. The van der Waals surface area contributed by atoms with Gasteiger partial charge in [0.1, 0.15) is 0 Å². The summed E-state index contributed by atoms with van der Waals surface area (Å²) in [5.74, 6) is 0.640. The van der Waals surface area contributed by atoms with Crippen molar-refractivity contribution in [1.29, 1.82) is 0 Å². The second-order valence-corrected chi connectivity index (χ2v) is 5.72. The first-order valence-corrected chi connectivity index (χ1v) is 6.59. The summed E-state index contributed by atoms with van der Waals surface area (Å²) >= 11 is 4.58. The molecule has 1 N–H and O–H groups in total. The van der Waals surface area contributed by atoms with Gasteiger partial charge in [0.2, 0.25) is 0 Å². The van der Waals surface area contributed by atoms with E-state index in [-0.39, 0.29) is 0 Å². The van der Waals surface area contributed by atoms with E-state index in [0.717, 1.165) is 9.44 Å². The molecule has 0 unspecified atom stereocenters. The molecule has 86 valence electrons. The maximum atomic E-state index is 8.97. The van der Waals surface area contributed by atoms with E-state index in [1.54, 1.807) is 11.8 Å². The third-order valence-corrected chi connectivity index (χ3v) is 4.46. The normalized spacial score (nSPS) is 11.2. The number of hydrogen-bond acceptors (Lipinski definition) is 4. The average Bonchev–Trinajstić information content (AvgIpc) is 2.30. The van der Waals surface area contributed by atoms with E-state index in [1.165, 1.54) is 0 Å². The van der Waals surface area contributed by atoms with Crippen molar-refractivity contribution >= 4 is 36.9 Å². The fourth-order valence-corrected chi connectivity index (χ4v) is 2.17. The van der Waals surface area contributed by atoms with E-state index < -0.39 is 0 Å². The van der Waals surface area contributed by atoms with Crippen LogP contribution in [0.25, 0.3) is 0 Å². The van der Waals surface area contributed by atoms with Gasteiger partial charge in [0.25, 0.3) is 0 Å². The Morgan fingerprint density at radius 3 is 2.50 bits per heavy atom. The molecule has 1 rings (SSSR count). The SMILES string of the molecule is CN(C)C(=[Se])SC/C(=N/O)c1ccccc1. The van der Waals surface area contributed by atoms with Gasteiger partial charge in [-0.2, -0.15) is 0 Å². The minimum absolute atomic E-state index is 0.640. The van der Waals surface area contributed by atoms with E-state index in [2.05, 4.69) is 20.7 Å². The van der Waals surface area contributed by atoms with E-state index in [9.17, 15) is 0 Å². The van der Waals surface area contributed by atoms with Crippen molar-refractivity contribution in [2.45, 2.75) is 0 Å². The van der Waals surface area contributed by atoms with Gasteiger partial charge < -0.3 is 0 Å². The zero-order valence-electron chi connectivity index (χ0n) is 9.25. The number of oxime groups is 1. The van der Waals surface area contributed by atoms with Gasteiger partial charge in [-0.25, -0.2) is 0 Å². The molecule has 0 saturated carbocycles. The van der Waals surface area contributed by atoms with E-state index >= 15 is 0 Å². The molecule has 0 fully saturated rings. The van der Waals surface area contributed by atoms with Crippen LogP contribution in [0.4, 0.5) is 0 Å². The number of thioether (sulfide) groups is 1. The molecular weight excluding hydrogens is 287 g/mol. The Morgan fingerprint density at radius 2 is 2.00 bits per heavy atom. The molecule has 0 aromatic heterocycles. The summed E-state index contributed by atoms with van der Waals surface area (Å²) in [5.41, 5.74) is 1.63. The summed E-state index contributed by atoms with van der Waals surface area (Å²) in [7, 11) is 3.94. The summed E-state index contributed by atoms with van der Waals surface area (Å²) in [6, 6.07) is 9.67. The van der Waals surface area contributed by atoms with Crippen LogP contribution in [-0.2, 0) is 0 Å². The zero-order chi connectivity index (χ0) is 12.0. The van der Waals surface area contributed by atoms with Crippen LogP contribution >= 0.6 is 11.8 Å². The summed E-state index contributed by atoms with van der Waals surface area (Å²) in [6.45, 7) is 0. The van der Waals surface area contributed by atoms with Gasteiger partial charge in [-0.05, 0) is 0 Å². The topological polar surface area (TPSA) is 35.8 Å². The standard InChI is InChI=1S/C11H14N2OSSe/c1-13(2)11(16)15-8-10(12-14)9-6-4-3-5-7-9/h3-7,14H,8H2,1-2H3/b12-10-. The van der Waals surface area contributed by atoms with Gasteiger partial charge in [0.05, 0.1) is 0 Å². The van der Waals surface area contributed by atoms with Gasteiger partial charge in [-0.15, -0.1) is 0 Å². The van der Waals surface area contributed by atoms with Crippen LogP contribution in [0, 0.1) is 0 Å². The van der Waals surface area contributed by atoms with Crippen LogP contribution in [-0.4, -0.2) is 55.1 Å². The van der Waals surface area contributed by atoms with E-state index in [0.29, 0.717) is 11.5 Å². The van der Waals surface area contributed by atoms with Gasteiger partial charge in [0, 0.05) is 0 Å². The molecule has 0 spiro atoms. The molecule has 16 heavy (non-hydrogen) atoms. The molecule has 1 aromatic carbocycles. The average molecular weight is 301 g/mol. The molecule has 0 aliphatic carbocycles. The minimum atomic E-state index is 0.640. The predicted octanol–water partition coefficient (Wildman–Crippen LogP) is 1.42. The molecule has 0 atom stereocenters. The first kappa shape index (κ1) is 13.3. The first-order chi connectivity index (χ1) is 7.65. The molecule has 0 radical (unpaired) electrons. The van der Waals surface area contributed by atoms with Crippen molar-refractivity contribution in [2.75, 3.05) is 19.8 Å². The third-order valence-electron chi connectivity index (χ3n) is 1.93. The van der Waals surface area contributed by atoms with Crippen LogP contribution in [0.2, 0.25) is 0 Å². The molecule has 0 aliphatic rings. The van der Waals surface area contributed by atoms with E-state index in [4.69, 9.17) is 5.21 Å². The summed E-state index contributed by atoms with van der Waals surface area (Å²) in [6.07, 6.45) is 0. The van der Waals surface area contributed by atoms with Gasteiger partial charge in [-0.3, -0.25) is 0 Å². The third kappa shape index (κ3) is 4.00. The Hall–Kier alpha value is -0.771. The van der Waals surface area contributed by atoms with Gasteiger partial charge in [0.15, 0.2) is 0 Å². The second kappa shape index (κ2) is 6.74. The number of rotatable bonds is 5. The van der Waals surface area contributed by atoms with Crippen molar-refractivity contribution in [3.8, 4) is 0 Å².